The summed E-state index contributed by atoms with van der Waals surface area (Å²) in [5, 5.41) is 11.7. The quantitative estimate of drug-likeness (QED) is 0.213. The second kappa shape index (κ2) is 10.7. The van der Waals surface area contributed by atoms with Crippen LogP contribution in [-0.4, -0.2) is 37.6 Å². The summed E-state index contributed by atoms with van der Waals surface area (Å²) >= 11 is 12.8. The maximum atomic E-state index is 13.5. The highest BCUT2D eigenvalue weighted by Gasteiger charge is 2.47. The maximum Gasteiger partial charge on any atom is 0.300 e. The second-order valence-corrected chi connectivity index (χ2v) is 9.03. The van der Waals surface area contributed by atoms with E-state index in [0.29, 0.717) is 23.6 Å². The molecule has 0 spiro atoms. The number of halogens is 2. The molecule has 3 aromatic rings. The highest BCUT2D eigenvalue weighted by Crippen LogP contribution is 2.48. The number of carbonyl (C=O) groups is 2. The standard InChI is InChI=1S/C28H25Cl2NO6/c1-5-37-17-12-10-16(11-13-17)23-21(25(33)28(34)31(23)20-9-7-6-8-15(20)2)24(32)18-14-19(29)27(36-4)22(30)26(18)35-3/h6-14,23,32H,5H2,1-4H3/b24-21+. The maximum absolute atomic E-state index is 13.5. The zero-order valence-electron chi connectivity index (χ0n) is 20.7. The van der Waals surface area contributed by atoms with Crippen molar-refractivity contribution in [2.24, 2.45) is 0 Å². The lowest BCUT2D eigenvalue weighted by Gasteiger charge is -2.27. The number of ketones is 1. The fraction of sp³-hybridized carbons (Fsp3) is 0.214. The zero-order chi connectivity index (χ0) is 26.9. The van der Waals surface area contributed by atoms with E-state index in [1.807, 2.05) is 26.0 Å². The average Bonchev–Trinajstić information content (AvgIpc) is 3.14. The van der Waals surface area contributed by atoms with Gasteiger partial charge in [0.1, 0.15) is 16.5 Å². The van der Waals surface area contributed by atoms with Gasteiger partial charge in [-0.05, 0) is 49.2 Å². The Kier molecular flexibility index (Phi) is 7.66. The number of aryl methyl sites for hydroxylation is 1. The SMILES string of the molecule is CCOc1ccc(C2/C(=C(\O)c3cc(Cl)c(OC)c(Cl)c3OC)C(=O)C(=O)N2c2ccccc2C)cc1. The number of rotatable bonds is 7. The number of ether oxygens (including phenoxy) is 3. The van der Waals surface area contributed by atoms with E-state index in [1.165, 1.54) is 25.2 Å². The number of para-hydroxylation sites is 1. The minimum Gasteiger partial charge on any atom is -0.507 e. The fourth-order valence-corrected chi connectivity index (χ4v) is 5.12. The van der Waals surface area contributed by atoms with Crippen LogP contribution in [0, 0.1) is 6.92 Å². The molecule has 0 aromatic heterocycles. The number of hydrogen-bond acceptors (Lipinski definition) is 6. The van der Waals surface area contributed by atoms with Gasteiger partial charge in [0.15, 0.2) is 11.5 Å². The first kappa shape index (κ1) is 26.4. The molecule has 0 saturated carbocycles. The van der Waals surface area contributed by atoms with E-state index < -0.39 is 23.5 Å². The van der Waals surface area contributed by atoms with Crippen molar-refractivity contribution in [3.8, 4) is 17.2 Å². The van der Waals surface area contributed by atoms with Crippen molar-refractivity contribution in [3.63, 3.8) is 0 Å². The van der Waals surface area contributed by atoms with Gasteiger partial charge in [-0.3, -0.25) is 14.5 Å². The minimum absolute atomic E-state index is 0.0183. The van der Waals surface area contributed by atoms with E-state index in [9.17, 15) is 14.7 Å². The normalized spacial score (nSPS) is 16.7. The lowest BCUT2D eigenvalue weighted by molar-refractivity contribution is -0.132. The lowest BCUT2D eigenvalue weighted by atomic mass is 9.94. The van der Waals surface area contributed by atoms with Crippen molar-refractivity contribution in [1.82, 2.24) is 0 Å². The Morgan fingerprint density at radius 2 is 1.65 bits per heavy atom. The van der Waals surface area contributed by atoms with E-state index >= 15 is 0 Å². The Morgan fingerprint density at radius 1 is 1.00 bits per heavy atom. The number of benzene rings is 3. The molecule has 37 heavy (non-hydrogen) atoms. The molecule has 1 aliphatic rings. The van der Waals surface area contributed by atoms with E-state index in [-0.39, 0.29) is 32.7 Å². The molecule has 1 atom stereocenters. The predicted molar refractivity (Wildman–Crippen MR) is 143 cm³/mol. The molecule has 1 amide bonds. The van der Waals surface area contributed by atoms with Gasteiger partial charge in [0, 0.05) is 5.69 Å². The van der Waals surface area contributed by atoms with E-state index in [1.54, 1.807) is 36.4 Å². The van der Waals surface area contributed by atoms with Gasteiger partial charge in [0.2, 0.25) is 0 Å². The lowest BCUT2D eigenvalue weighted by Crippen LogP contribution is -2.30. The van der Waals surface area contributed by atoms with Crippen molar-refractivity contribution < 1.29 is 28.9 Å². The molecule has 192 valence electrons. The number of amides is 1. The minimum atomic E-state index is -0.943. The second-order valence-electron chi connectivity index (χ2n) is 8.24. The third-order valence-electron chi connectivity index (χ3n) is 6.12. The van der Waals surface area contributed by atoms with E-state index in [2.05, 4.69) is 0 Å². The number of aliphatic hydroxyl groups is 1. The molecule has 9 heteroatoms. The number of Topliss-reactive ketones (excluding diaryl/α,β-unsaturated/α-hetero) is 1. The molecule has 1 N–H and O–H groups in total. The third-order valence-corrected chi connectivity index (χ3v) is 6.74. The molecule has 1 heterocycles. The molecular weight excluding hydrogens is 517 g/mol. The van der Waals surface area contributed by atoms with Crippen molar-refractivity contribution in [1.29, 1.82) is 0 Å². The molecule has 0 aliphatic carbocycles. The van der Waals surface area contributed by atoms with Crippen LogP contribution in [-0.2, 0) is 9.59 Å². The summed E-state index contributed by atoms with van der Waals surface area (Å²) in [6, 6.07) is 14.7. The van der Waals surface area contributed by atoms with Crippen LogP contribution in [0.3, 0.4) is 0 Å². The largest absolute Gasteiger partial charge is 0.507 e. The van der Waals surface area contributed by atoms with Gasteiger partial charge in [-0.25, -0.2) is 0 Å². The van der Waals surface area contributed by atoms with Crippen LogP contribution in [0.4, 0.5) is 5.69 Å². The molecule has 1 saturated heterocycles. The molecule has 7 nitrogen and oxygen atoms in total. The van der Waals surface area contributed by atoms with Gasteiger partial charge in [0.05, 0.1) is 43.0 Å². The summed E-state index contributed by atoms with van der Waals surface area (Å²) in [4.78, 5) is 28.3. The predicted octanol–water partition coefficient (Wildman–Crippen LogP) is 6.34. The summed E-state index contributed by atoms with van der Waals surface area (Å²) in [5.41, 5.74) is 1.84. The average molecular weight is 542 g/mol. The molecule has 1 unspecified atom stereocenters. The van der Waals surface area contributed by atoms with Gasteiger partial charge in [-0.1, -0.05) is 53.5 Å². The molecular formula is C28H25Cl2NO6. The first-order valence-corrected chi connectivity index (χ1v) is 12.2. The highest BCUT2D eigenvalue weighted by atomic mass is 35.5. The van der Waals surface area contributed by atoms with Crippen LogP contribution in [0.1, 0.15) is 29.7 Å². The van der Waals surface area contributed by atoms with Gasteiger partial charge >= 0.3 is 0 Å². The molecule has 1 aliphatic heterocycles. The Labute approximate surface area is 224 Å². The number of aliphatic hydroxyl groups excluding tert-OH is 1. The van der Waals surface area contributed by atoms with Crippen LogP contribution in [0.15, 0.2) is 60.2 Å². The molecule has 0 radical (unpaired) electrons. The van der Waals surface area contributed by atoms with Gasteiger partial charge in [0.25, 0.3) is 11.7 Å². The van der Waals surface area contributed by atoms with Crippen LogP contribution in [0.5, 0.6) is 17.2 Å². The highest BCUT2D eigenvalue weighted by molar-refractivity contribution is 6.52. The van der Waals surface area contributed by atoms with Crippen LogP contribution >= 0.6 is 23.2 Å². The molecule has 0 bridgehead atoms. The number of hydrogen-bond donors (Lipinski definition) is 1. The van der Waals surface area contributed by atoms with Crippen molar-refractivity contribution in [2.75, 3.05) is 25.7 Å². The monoisotopic (exact) mass is 541 g/mol. The van der Waals surface area contributed by atoms with Gasteiger partial charge in [-0.2, -0.15) is 0 Å². The smallest absolute Gasteiger partial charge is 0.300 e. The Bertz CT molecular complexity index is 1400. The Hall–Kier alpha value is -3.68. The number of carbonyl (C=O) groups excluding carboxylic acids is 2. The summed E-state index contributed by atoms with van der Waals surface area (Å²) in [5.74, 6) is -1.27. The van der Waals surface area contributed by atoms with Crippen molar-refractivity contribution in [2.45, 2.75) is 19.9 Å². The first-order valence-electron chi connectivity index (χ1n) is 11.4. The molecule has 1 fully saturated rings. The van der Waals surface area contributed by atoms with Gasteiger partial charge in [-0.15, -0.1) is 0 Å². The summed E-state index contributed by atoms with van der Waals surface area (Å²) in [6.07, 6.45) is 0. The zero-order valence-corrected chi connectivity index (χ0v) is 22.2. The Morgan fingerprint density at radius 3 is 2.24 bits per heavy atom. The van der Waals surface area contributed by atoms with E-state index in [4.69, 9.17) is 37.4 Å². The summed E-state index contributed by atoms with van der Waals surface area (Å²) in [7, 11) is 2.76. The van der Waals surface area contributed by atoms with E-state index in [0.717, 1.165) is 5.56 Å². The fourth-order valence-electron chi connectivity index (χ4n) is 4.43. The van der Waals surface area contributed by atoms with Gasteiger partial charge < -0.3 is 19.3 Å². The topological polar surface area (TPSA) is 85.3 Å². The Balaban J connectivity index is 2.00. The summed E-state index contributed by atoms with van der Waals surface area (Å²) in [6.45, 7) is 4.20. The van der Waals surface area contributed by atoms with Crippen LogP contribution in [0.25, 0.3) is 5.76 Å². The number of nitrogens with zero attached hydrogens (tertiary/aromatic N) is 1. The van der Waals surface area contributed by atoms with Crippen LogP contribution < -0.4 is 19.1 Å². The number of anilines is 1. The molecule has 3 aromatic carbocycles. The molecule has 4 rings (SSSR count). The number of methoxy groups -OCH3 is 2. The third kappa shape index (κ3) is 4.61. The first-order chi connectivity index (χ1) is 17.7. The van der Waals surface area contributed by atoms with Crippen LogP contribution in [0.2, 0.25) is 10.0 Å². The van der Waals surface area contributed by atoms with Crippen molar-refractivity contribution >= 4 is 46.3 Å². The van der Waals surface area contributed by atoms with Crippen molar-refractivity contribution in [3.05, 3.63) is 86.9 Å². The summed E-state index contributed by atoms with van der Waals surface area (Å²) < 4.78 is 16.2.